The minimum absolute atomic E-state index is 0.101. The van der Waals surface area contributed by atoms with E-state index in [1.165, 1.54) is 7.11 Å². The third-order valence-electron chi connectivity index (χ3n) is 3.84. The van der Waals surface area contributed by atoms with Crippen LogP contribution in [0.3, 0.4) is 0 Å². The number of nitrogens with one attached hydrogen (secondary N) is 1. The highest BCUT2D eigenvalue weighted by molar-refractivity contribution is 5.95. The van der Waals surface area contributed by atoms with Gasteiger partial charge in [0.15, 0.2) is 0 Å². The first-order valence-electron chi connectivity index (χ1n) is 8.30. The number of aromatic nitrogens is 2. The van der Waals surface area contributed by atoms with Crippen LogP contribution in [0.5, 0.6) is 0 Å². The second kappa shape index (κ2) is 8.62. The molecule has 0 bridgehead atoms. The topological polar surface area (TPSA) is 68.5 Å². The molecule has 0 aliphatic carbocycles. The Morgan fingerprint density at radius 1 is 1.19 bits per heavy atom. The SMILES string of the molecule is CO/N=C/c1ccc(C(=O)NCCc2cnn(-c3ccccc3)c2)cc1. The highest BCUT2D eigenvalue weighted by atomic mass is 16.6. The third-order valence-corrected chi connectivity index (χ3v) is 3.84. The summed E-state index contributed by atoms with van der Waals surface area (Å²) in [7, 11) is 1.49. The van der Waals surface area contributed by atoms with E-state index in [1.807, 2.05) is 59.5 Å². The first-order chi connectivity index (χ1) is 12.8. The van der Waals surface area contributed by atoms with Gasteiger partial charge in [0.05, 0.1) is 18.1 Å². The molecule has 6 heteroatoms. The molecule has 2 aromatic carbocycles. The van der Waals surface area contributed by atoms with Crippen LogP contribution in [0.2, 0.25) is 0 Å². The molecule has 0 fully saturated rings. The fourth-order valence-corrected chi connectivity index (χ4v) is 2.47. The predicted molar refractivity (Wildman–Crippen MR) is 101 cm³/mol. The molecule has 3 aromatic rings. The van der Waals surface area contributed by atoms with Gasteiger partial charge < -0.3 is 10.2 Å². The molecule has 0 atom stereocenters. The fourth-order valence-electron chi connectivity index (χ4n) is 2.47. The second-order valence-electron chi connectivity index (χ2n) is 5.67. The van der Waals surface area contributed by atoms with E-state index >= 15 is 0 Å². The maximum Gasteiger partial charge on any atom is 0.251 e. The Hall–Kier alpha value is -3.41. The number of para-hydroxylation sites is 1. The molecule has 3 rings (SSSR count). The van der Waals surface area contributed by atoms with Crippen molar-refractivity contribution in [3.63, 3.8) is 0 Å². The van der Waals surface area contributed by atoms with Gasteiger partial charge in [-0.3, -0.25) is 4.79 Å². The number of carbonyl (C=O) groups excluding carboxylic acids is 1. The van der Waals surface area contributed by atoms with Crippen molar-refractivity contribution in [1.29, 1.82) is 0 Å². The number of rotatable bonds is 7. The van der Waals surface area contributed by atoms with E-state index in [4.69, 9.17) is 0 Å². The number of oxime groups is 1. The van der Waals surface area contributed by atoms with Gasteiger partial charge >= 0.3 is 0 Å². The molecule has 0 aliphatic heterocycles. The standard InChI is InChI=1S/C20H20N4O2/c1-26-23-14-16-7-9-18(10-8-16)20(25)21-12-11-17-13-22-24(15-17)19-5-3-2-4-6-19/h2-10,13-15H,11-12H2,1H3,(H,21,25)/b23-14+. The quantitative estimate of drug-likeness (QED) is 0.527. The molecule has 1 amide bonds. The lowest BCUT2D eigenvalue weighted by molar-refractivity contribution is 0.0954. The second-order valence-corrected chi connectivity index (χ2v) is 5.67. The van der Waals surface area contributed by atoms with Crippen molar-refractivity contribution < 1.29 is 9.63 Å². The van der Waals surface area contributed by atoms with Crippen molar-refractivity contribution in [2.24, 2.45) is 5.16 Å². The van der Waals surface area contributed by atoms with Crippen LogP contribution in [0.25, 0.3) is 5.69 Å². The number of hydrogen-bond acceptors (Lipinski definition) is 4. The van der Waals surface area contributed by atoms with E-state index in [-0.39, 0.29) is 5.91 Å². The van der Waals surface area contributed by atoms with Gasteiger partial charge in [0, 0.05) is 18.3 Å². The van der Waals surface area contributed by atoms with Crippen LogP contribution in [0.15, 0.2) is 72.1 Å². The van der Waals surface area contributed by atoms with Crippen LogP contribution in [-0.4, -0.2) is 35.6 Å². The van der Waals surface area contributed by atoms with E-state index in [0.29, 0.717) is 12.1 Å². The van der Waals surface area contributed by atoms with Gasteiger partial charge in [0.1, 0.15) is 7.11 Å². The summed E-state index contributed by atoms with van der Waals surface area (Å²) in [5.41, 5.74) is 3.57. The van der Waals surface area contributed by atoms with E-state index in [2.05, 4.69) is 20.4 Å². The lowest BCUT2D eigenvalue weighted by Gasteiger charge is -2.04. The summed E-state index contributed by atoms with van der Waals surface area (Å²) in [6, 6.07) is 17.1. The first-order valence-corrected chi connectivity index (χ1v) is 8.30. The van der Waals surface area contributed by atoms with Crippen LogP contribution in [0.1, 0.15) is 21.5 Å². The van der Waals surface area contributed by atoms with E-state index in [1.54, 1.807) is 18.3 Å². The molecule has 1 aromatic heterocycles. The maximum absolute atomic E-state index is 12.2. The Labute approximate surface area is 152 Å². The maximum atomic E-state index is 12.2. The number of nitrogens with zero attached hydrogens (tertiary/aromatic N) is 3. The van der Waals surface area contributed by atoms with Crippen molar-refractivity contribution in [2.75, 3.05) is 13.7 Å². The summed E-state index contributed by atoms with van der Waals surface area (Å²) in [5, 5.41) is 11.0. The Morgan fingerprint density at radius 3 is 2.69 bits per heavy atom. The number of carbonyl (C=O) groups is 1. The van der Waals surface area contributed by atoms with Crippen LogP contribution >= 0.6 is 0 Å². The Kier molecular flexibility index (Phi) is 5.77. The third kappa shape index (κ3) is 4.57. The first kappa shape index (κ1) is 17.4. The predicted octanol–water partition coefficient (Wildman–Crippen LogP) is 2.83. The smallest absolute Gasteiger partial charge is 0.251 e. The lowest BCUT2D eigenvalue weighted by Crippen LogP contribution is -2.25. The highest BCUT2D eigenvalue weighted by Crippen LogP contribution is 2.08. The largest absolute Gasteiger partial charge is 0.399 e. The Balaban J connectivity index is 1.51. The van der Waals surface area contributed by atoms with Crippen LogP contribution in [0, 0.1) is 0 Å². The van der Waals surface area contributed by atoms with Crippen LogP contribution < -0.4 is 5.32 Å². The summed E-state index contributed by atoms with van der Waals surface area (Å²) >= 11 is 0. The minimum Gasteiger partial charge on any atom is -0.399 e. The van der Waals surface area contributed by atoms with Crippen molar-refractivity contribution in [3.8, 4) is 5.69 Å². The van der Waals surface area contributed by atoms with E-state index in [0.717, 1.165) is 23.2 Å². The molecule has 0 aliphatic rings. The van der Waals surface area contributed by atoms with Crippen LogP contribution in [-0.2, 0) is 11.3 Å². The van der Waals surface area contributed by atoms with Gasteiger partial charge in [-0.25, -0.2) is 4.68 Å². The highest BCUT2D eigenvalue weighted by Gasteiger charge is 2.06. The summed E-state index contributed by atoms with van der Waals surface area (Å²) in [4.78, 5) is 16.8. The molecule has 0 unspecified atom stereocenters. The zero-order valence-corrected chi connectivity index (χ0v) is 14.5. The molecule has 0 radical (unpaired) electrons. The normalized spacial score (nSPS) is 10.8. The Bertz CT molecular complexity index is 870. The molecule has 26 heavy (non-hydrogen) atoms. The minimum atomic E-state index is -0.101. The molecule has 0 spiro atoms. The summed E-state index contributed by atoms with van der Waals surface area (Å²) in [5.74, 6) is -0.101. The molecule has 0 saturated carbocycles. The van der Waals surface area contributed by atoms with Crippen molar-refractivity contribution >= 4 is 12.1 Å². The lowest BCUT2D eigenvalue weighted by atomic mass is 10.1. The fraction of sp³-hybridized carbons (Fsp3) is 0.150. The van der Waals surface area contributed by atoms with Gasteiger partial charge in [0.25, 0.3) is 5.91 Å². The molecule has 1 heterocycles. The van der Waals surface area contributed by atoms with Crippen LogP contribution in [0.4, 0.5) is 0 Å². The zero-order valence-electron chi connectivity index (χ0n) is 14.5. The summed E-state index contributed by atoms with van der Waals surface area (Å²) in [6.45, 7) is 0.548. The van der Waals surface area contributed by atoms with Crippen molar-refractivity contribution in [3.05, 3.63) is 83.7 Å². The van der Waals surface area contributed by atoms with Gasteiger partial charge in [-0.05, 0) is 41.8 Å². The zero-order chi connectivity index (χ0) is 18.2. The van der Waals surface area contributed by atoms with E-state index in [9.17, 15) is 4.79 Å². The summed E-state index contributed by atoms with van der Waals surface area (Å²) in [6.07, 6.45) is 6.11. The molecule has 132 valence electrons. The van der Waals surface area contributed by atoms with Gasteiger partial charge in [0.2, 0.25) is 0 Å². The Morgan fingerprint density at radius 2 is 1.96 bits per heavy atom. The molecular formula is C20H20N4O2. The average molecular weight is 348 g/mol. The molecule has 6 nitrogen and oxygen atoms in total. The van der Waals surface area contributed by atoms with Gasteiger partial charge in [-0.15, -0.1) is 0 Å². The molecule has 1 N–H and O–H groups in total. The summed E-state index contributed by atoms with van der Waals surface area (Å²) < 4.78 is 1.83. The van der Waals surface area contributed by atoms with E-state index < -0.39 is 0 Å². The number of hydrogen-bond donors (Lipinski definition) is 1. The molecule has 0 saturated heterocycles. The van der Waals surface area contributed by atoms with Gasteiger partial charge in [-0.2, -0.15) is 5.10 Å². The number of amides is 1. The monoisotopic (exact) mass is 348 g/mol. The van der Waals surface area contributed by atoms with Gasteiger partial charge in [-0.1, -0.05) is 35.5 Å². The van der Waals surface area contributed by atoms with Crippen molar-refractivity contribution in [2.45, 2.75) is 6.42 Å². The average Bonchev–Trinajstić information content (AvgIpc) is 3.16. The number of benzene rings is 2. The molecular weight excluding hydrogens is 328 g/mol. The van der Waals surface area contributed by atoms with Crippen molar-refractivity contribution in [1.82, 2.24) is 15.1 Å².